The minimum absolute atomic E-state index is 0.471. The van der Waals surface area contributed by atoms with Crippen LogP contribution in [0.15, 0.2) is 267 Å². The maximum Gasteiger partial charge on any atom is 0.0754 e. The number of fused-ring (bicyclic) bond motifs is 9. The molecule has 0 saturated heterocycles. The van der Waals surface area contributed by atoms with Gasteiger partial charge in [0.15, 0.2) is 0 Å². The molecule has 1 N–H and O–H groups in total. The first-order valence-electron chi connectivity index (χ1n) is 23.2. The summed E-state index contributed by atoms with van der Waals surface area (Å²) in [4.78, 5) is 2.44. The molecular formula is C65H50N2. The summed E-state index contributed by atoms with van der Waals surface area (Å²) in [7, 11) is 0. The fourth-order valence-electron chi connectivity index (χ4n) is 10.3. The molecule has 0 unspecified atom stereocenters. The Kier molecular flexibility index (Phi) is 11.2. The van der Waals surface area contributed by atoms with Crippen LogP contribution < -0.4 is 10.2 Å². The van der Waals surface area contributed by atoms with E-state index in [1.54, 1.807) is 0 Å². The van der Waals surface area contributed by atoms with Crippen LogP contribution in [0.2, 0.25) is 0 Å². The average Bonchev–Trinajstić information content (AvgIpc) is 3.69. The predicted octanol–water partition coefficient (Wildman–Crippen LogP) is 16.9. The summed E-state index contributed by atoms with van der Waals surface area (Å²) in [5.74, 6) is 0. The summed E-state index contributed by atoms with van der Waals surface area (Å²) < 4.78 is 0. The lowest BCUT2D eigenvalue weighted by Crippen LogP contribution is -2.36. The minimum Gasteiger partial charge on any atom is -0.381 e. The van der Waals surface area contributed by atoms with Gasteiger partial charge in [0, 0.05) is 17.9 Å². The second kappa shape index (κ2) is 18.2. The van der Waals surface area contributed by atoms with E-state index in [4.69, 9.17) is 0 Å². The molecule has 0 amide bonds. The Labute approximate surface area is 394 Å². The normalized spacial score (nSPS) is 12.4. The zero-order valence-electron chi connectivity index (χ0n) is 37.4. The van der Waals surface area contributed by atoms with Crippen LogP contribution in [0.25, 0.3) is 44.5 Å². The molecule has 0 radical (unpaired) electrons. The van der Waals surface area contributed by atoms with Crippen molar-refractivity contribution in [1.29, 1.82) is 0 Å². The van der Waals surface area contributed by atoms with Crippen molar-refractivity contribution in [2.45, 2.75) is 18.4 Å². The van der Waals surface area contributed by atoms with Gasteiger partial charge in [-0.25, -0.2) is 0 Å². The van der Waals surface area contributed by atoms with Crippen molar-refractivity contribution < 1.29 is 0 Å². The van der Waals surface area contributed by atoms with E-state index in [1.165, 1.54) is 89.3 Å². The van der Waals surface area contributed by atoms with Gasteiger partial charge >= 0.3 is 0 Å². The van der Waals surface area contributed by atoms with E-state index in [-0.39, 0.29) is 0 Å². The molecule has 0 aromatic heterocycles. The van der Waals surface area contributed by atoms with Gasteiger partial charge in [0.2, 0.25) is 0 Å². The van der Waals surface area contributed by atoms with E-state index < -0.39 is 5.41 Å². The highest BCUT2D eigenvalue weighted by molar-refractivity contribution is 5.97. The Morgan fingerprint density at radius 1 is 0.373 bits per heavy atom. The standard InChI is InChI=1S/C46H33N.C19H17N/c1-2-14-32-25-27-33(28-26-32)36-17-6-7-18-37(36)34-29-30-39-38-19-8-9-20-40(38)46(43(39)31-34)41-21-10-12-23-44(41)47(35-15-4-3-5-16-35)45-24-13-11-22-42(45)46;1-3-7-16(8-4-1)15-20-19-13-11-18(12-14-19)17-9-5-2-6-10-17/h2-13,15-31H,1,14H2;1-14,20H,15H2. The molecule has 0 saturated carbocycles. The van der Waals surface area contributed by atoms with Crippen molar-refractivity contribution in [3.63, 3.8) is 0 Å². The number of benzene rings is 10. The van der Waals surface area contributed by atoms with E-state index in [9.17, 15) is 0 Å². The molecule has 2 nitrogen and oxygen atoms in total. The van der Waals surface area contributed by atoms with Gasteiger partial charge in [-0.3, -0.25) is 0 Å². The molecule has 10 aromatic rings. The fourth-order valence-corrected chi connectivity index (χ4v) is 10.3. The summed E-state index contributed by atoms with van der Waals surface area (Å²) >= 11 is 0. The molecule has 0 bridgehead atoms. The summed E-state index contributed by atoms with van der Waals surface area (Å²) in [6.45, 7) is 4.77. The van der Waals surface area contributed by atoms with Crippen molar-refractivity contribution in [2.75, 3.05) is 10.2 Å². The zero-order chi connectivity index (χ0) is 45.0. The Morgan fingerprint density at radius 2 is 0.851 bits per heavy atom. The number of anilines is 4. The quantitative estimate of drug-likeness (QED) is 0.146. The lowest BCUT2D eigenvalue weighted by molar-refractivity contribution is 0.753. The maximum atomic E-state index is 3.91. The van der Waals surface area contributed by atoms with Crippen molar-refractivity contribution in [3.05, 3.63) is 301 Å². The Balaban J connectivity index is 0.000000206. The van der Waals surface area contributed by atoms with Gasteiger partial charge in [0.25, 0.3) is 0 Å². The summed E-state index contributed by atoms with van der Waals surface area (Å²) in [6, 6.07) is 92.1. The number of allylic oxidation sites excluding steroid dienone is 1. The third-order valence-electron chi connectivity index (χ3n) is 13.4. The number of nitrogens with zero attached hydrogens (tertiary/aromatic N) is 1. The smallest absolute Gasteiger partial charge is 0.0754 e. The molecule has 2 heteroatoms. The second-order valence-corrected chi connectivity index (χ2v) is 17.3. The lowest BCUT2D eigenvalue weighted by atomic mass is 9.64. The first-order valence-corrected chi connectivity index (χ1v) is 23.2. The SMILES string of the molecule is C=CCc1ccc(-c2ccccc2-c2ccc3c(c2)C2(c4ccccc4-3)c3ccccc3N(c3ccccc3)c3ccccc32)cc1.c1ccc(CNc2ccc(-c3ccccc3)cc2)cc1. The van der Waals surface area contributed by atoms with Crippen LogP contribution in [0.4, 0.5) is 22.7 Å². The molecule has 67 heavy (non-hydrogen) atoms. The first kappa shape index (κ1) is 41.3. The predicted molar refractivity (Wildman–Crippen MR) is 282 cm³/mol. The second-order valence-electron chi connectivity index (χ2n) is 17.3. The Bertz CT molecular complexity index is 3270. The van der Waals surface area contributed by atoms with Crippen LogP contribution in [0.1, 0.15) is 33.4 Å². The van der Waals surface area contributed by atoms with Gasteiger partial charge in [0.1, 0.15) is 0 Å². The van der Waals surface area contributed by atoms with Gasteiger partial charge < -0.3 is 10.2 Å². The maximum absolute atomic E-state index is 3.91. The highest BCUT2D eigenvalue weighted by Gasteiger charge is 2.51. The molecule has 1 spiro atoms. The molecule has 12 rings (SSSR count). The van der Waals surface area contributed by atoms with Gasteiger partial charge in [0.05, 0.1) is 16.8 Å². The van der Waals surface area contributed by atoms with E-state index in [2.05, 4.69) is 259 Å². The van der Waals surface area contributed by atoms with E-state index in [0.29, 0.717) is 0 Å². The van der Waals surface area contributed by atoms with Crippen molar-refractivity contribution in [2.24, 2.45) is 0 Å². The highest BCUT2D eigenvalue weighted by Crippen LogP contribution is 2.63. The highest BCUT2D eigenvalue weighted by atomic mass is 15.2. The van der Waals surface area contributed by atoms with Gasteiger partial charge in [-0.1, -0.05) is 218 Å². The summed E-state index contributed by atoms with van der Waals surface area (Å²) in [5.41, 5.74) is 22.1. The number of hydrogen-bond donors (Lipinski definition) is 1. The summed E-state index contributed by atoms with van der Waals surface area (Å²) in [5, 5.41) is 3.44. The van der Waals surface area contributed by atoms with Crippen molar-refractivity contribution in [3.8, 4) is 44.5 Å². The fraction of sp³-hybridized carbons (Fsp3) is 0.0462. The Hall–Kier alpha value is -8.46. The van der Waals surface area contributed by atoms with Crippen molar-refractivity contribution in [1.82, 2.24) is 0 Å². The first-order chi connectivity index (χ1) is 33.2. The number of nitrogens with one attached hydrogen (secondary N) is 1. The van der Waals surface area contributed by atoms with Crippen LogP contribution in [0, 0.1) is 0 Å². The van der Waals surface area contributed by atoms with Crippen LogP contribution in [0.3, 0.4) is 0 Å². The van der Waals surface area contributed by atoms with E-state index >= 15 is 0 Å². The van der Waals surface area contributed by atoms with Gasteiger partial charge in [-0.2, -0.15) is 0 Å². The van der Waals surface area contributed by atoms with Crippen LogP contribution >= 0.6 is 0 Å². The van der Waals surface area contributed by atoms with Gasteiger partial charge in [-0.15, -0.1) is 6.58 Å². The van der Waals surface area contributed by atoms with Gasteiger partial charge in [-0.05, 0) is 127 Å². The number of hydrogen-bond acceptors (Lipinski definition) is 2. The van der Waals surface area contributed by atoms with Crippen LogP contribution in [-0.4, -0.2) is 0 Å². The monoisotopic (exact) mass is 858 g/mol. The molecule has 320 valence electrons. The summed E-state index contributed by atoms with van der Waals surface area (Å²) in [6.07, 6.45) is 2.84. The van der Waals surface area contributed by atoms with Crippen LogP contribution in [-0.2, 0) is 18.4 Å². The molecule has 1 heterocycles. The lowest BCUT2D eigenvalue weighted by Gasteiger charge is -2.45. The molecular weight excluding hydrogens is 809 g/mol. The molecule has 1 aliphatic carbocycles. The minimum atomic E-state index is -0.471. The molecule has 1 aliphatic heterocycles. The zero-order valence-corrected chi connectivity index (χ0v) is 37.4. The molecule has 2 aliphatic rings. The average molecular weight is 859 g/mol. The van der Waals surface area contributed by atoms with Crippen molar-refractivity contribution >= 4 is 22.7 Å². The van der Waals surface area contributed by atoms with E-state index in [1.807, 2.05) is 18.2 Å². The van der Waals surface area contributed by atoms with E-state index in [0.717, 1.165) is 24.3 Å². The molecule has 10 aromatic carbocycles. The third-order valence-corrected chi connectivity index (χ3v) is 13.4. The Morgan fingerprint density at radius 3 is 1.49 bits per heavy atom. The number of rotatable bonds is 9. The molecule has 0 fully saturated rings. The largest absolute Gasteiger partial charge is 0.381 e. The third kappa shape index (κ3) is 7.63. The molecule has 0 atom stereocenters. The number of para-hydroxylation sites is 3. The van der Waals surface area contributed by atoms with Crippen LogP contribution in [0.5, 0.6) is 0 Å². The topological polar surface area (TPSA) is 15.3 Å².